The summed E-state index contributed by atoms with van der Waals surface area (Å²) in [5.41, 5.74) is 52.0. The van der Waals surface area contributed by atoms with Crippen LogP contribution in [0.2, 0.25) is 0 Å². The smallest absolute Gasteiger partial charge is 0.244 e. The Morgan fingerprint density at radius 2 is 1.14 bits per heavy atom. The number of phenolic OH excluding ortho intramolecular Hbond substituents is 1. The number of aliphatic imine (C=N–C) groups is 3. The number of guanidine groups is 3. The third-order valence-corrected chi connectivity index (χ3v) is 16.9. The molecule has 520 valence electrons. The van der Waals surface area contributed by atoms with Gasteiger partial charge in [0.2, 0.25) is 65.0 Å². The number of benzene rings is 2. The van der Waals surface area contributed by atoms with Crippen LogP contribution in [0.4, 0.5) is 0 Å². The highest BCUT2D eigenvalue weighted by atomic mass is 33.1. The zero-order valence-electron chi connectivity index (χ0n) is 52.9. The zero-order chi connectivity index (χ0) is 69.7. The van der Waals surface area contributed by atoms with Crippen molar-refractivity contribution in [3.8, 4) is 5.75 Å². The summed E-state index contributed by atoms with van der Waals surface area (Å²) in [7, 11) is 1.89. The van der Waals surface area contributed by atoms with Crippen LogP contribution in [0.3, 0.4) is 0 Å². The van der Waals surface area contributed by atoms with Crippen molar-refractivity contribution in [1.82, 2.24) is 53.2 Å². The van der Waals surface area contributed by atoms with Gasteiger partial charge in [0.15, 0.2) is 17.9 Å². The predicted octanol–water partition coefficient (Wildman–Crippen LogP) is -6.17. The number of primary amides is 1. The van der Waals surface area contributed by atoms with Crippen LogP contribution in [0, 0.1) is 5.92 Å². The van der Waals surface area contributed by atoms with Gasteiger partial charge < -0.3 is 110 Å². The number of unbranched alkanes of at least 4 members (excludes halogenated alkanes) is 1. The van der Waals surface area contributed by atoms with E-state index in [2.05, 4.69) is 68.1 Å². The summed E-state index contributed by atoms with van der Waals surface area (Å²) in [6, 6.07) is 2.18. The Labute approximate surface area is 553 Å². The molecule has 1 heterocycles. The summed E-state index contributed by atoms with van der Waals surface area (Å²) in [4.78, 5) is 166. The summed E-state index contributed by atoms with van der Waals surface area (Å²) in [6.07, 6.45) is 1.36. The number of phenols is 1. The Bertz CT molecular complexity index is 2920. The molecular weight excluding hydrogens is 1260 g/mol. The van der Waals surface area contributed by atoms with Crippen molar-refractivity contribution in [2.45, 2.75) is 145 Å². The lowest BCUT2D eigenvalue weighted by Gasteiger charge is -2.29. The number of amides is 11. The normalized spacial score (nSPS) is 18.7. The second kappa shape index (κ2) is 42.9. The summed E-state index contributed by atoms with van der Waals surface area (Å²) in [6.45, 7) is 2.53. The summed E-state index contributed by atoms with van der Waals surface area (Å²) >= 11 is 0. The van der Waals surface area contributed by atoms with E-state index in [-0.39, 0.29) is 113 Å². The van der Waals surface area contributed by atoms with Crippen LogP contribution in [0.25, 0.3) is 0 Å². The lowest BCUT2D eigenvalue weighted by molar-refractivity contribution is -0.136. The minimum atomic E-state index is -1.57. The molecule has 0 saturated carbocycles. The van der Waals surface area contributed by atoms with E-state index in [4.69, 9.17) is 51.6 Å². The fourth-order valence-electron chi connectivity index (χ4n) is 9.10. The molecule has 1 saturated heterocycles. The second-order valence-corrected chi connectivity index (χ2v) is 24.7. The molecule has 1 fully saturated rings. The van der Waals surface area contributed by atoms with Crippen LogP contribution in [0.5, 0.6) is 5.75 Å². The van der Waals surface area contributed by atoms with Crippen LogP contribution >= 0.6 is 21.6 Å². The molecule has 2 unspecified atom stereocenters. The number of hydrogen-bond donors (Lipinski definition) is 20. The molecule has 3 rings (SSSR count). The lowest BCUT2D eigenvalue weighted by atomic mass is 9.97. The first-order valence-electron chi connectivity index (χ1n) is 30.6. The minimum Gasteiger partial charge on any atom is -0.508 e. The Kier molecular flexibility index (Phi) is 36.1. The number of carbonyl (C=O) groups excluding carboxylic acids is 11. The molecule has 1 aliphatic heterocycles. The van der Waals surface area contributed by atoms with Gasteiger partial charge in [0, 0.05) is 37.6 Å². The Morgan fingerprint density at radius 3 is 1.72 bits per heavy atom. The summed E-state index contributed by atoms with van der Waals surface area (Å²) < 4.78 is 0. The fourth-order valence-corrected chi connectivity index (χ4v) is 11.4. The van der Waals surface area contributed by atoms with Gasteiger partial charge in [-0.25, -0.2) is 0 Å². The number of hydrogen-bond acceptors (Lipinski definition) is 19. The van der Waals surface area contributed by atoms with Gasteiger partial charge in [-0.3, -0.25) is 67.7 Å². The number of nitrogens with one attached hydrogen (secondary N) is 10. The monoisotopic (exact) mass is 1350 g/mol. The van der Waals surface area contributed by atoms with Crippen molar-refractivity contribution in [3.05, 3.63) is 65.7 Å². The van der Waals surface area contributed by atoms with Crippen molar-refractivity contribution in [2.75, 3.05) is 50.8 Å². The van der Waals surface area contributed by atoms with Gasteiger partial charge in [0.25, 0.3) is 0 Å². The highest BCUT2D eigenvalue weighted by Gasteiger charge is 2.37. The molecule has 0 aliphatic carbocycles. The molecule has 1 aliphatic rings. The van der Waals surface area contributed by atoms with Gasteiger partial charge in [-0.15, -0.1) is 0 Å². The number of nitrogens with zero attached hydrogens (tertiary/aromatic N) is 3. The molecule has 2 aromatic carbocycles. The van der Waals surface area contributed by atoms with Crippen LogP contribution in [0.15, 0.2) is 69.6 Å². The molecule has 29 N–H and O–H groups in total. The lowest BCUT2D eigenvalue weighted by Crippen LogP contribution is -2.61. The van der Waals surface area contributed by atoms with E-state index in [0.29, 0.717) is 36.9 Å². The number of carbonyl (C=O) groups is 11. The topological polar surface area (TPSA) is 600 Å². The van der Waals surface area contributed by atoms with Crippen molar-refractivity contribution in [3.63, 3.8) is 0 Å². The van der Waals surface area contributed by atoms with Gasteiger partial charge in [0.1, 0.15) is 54.1 Å². The van der Waals surface area contributed by atoms with E-state index in [0.717, 1.165) is 21.6 Å². The maximum atomic E-state index is 14.8. The van der Waals surface area contributed by atoms with Crippen molar-refractivity contribution in [2.24, 2.45) is 72.5 Å². The first-order chi connectivity index (χ1) is 44.7. The Morgan fingerprint density at radius 1 is 0.585 bits per heavy atom. The summed E-state index contributed by atoms with van der Waals surface area (Å²) in [5, 5.41) is 35.8. The SMILES string of the molecule is CC[C@H](C)[C@@H]1NC(=O)C(CCCN=C(N)N)NC(=O)[C@H](CCCN=C(N)N)NC(=O)[C@@H](NC(=O)[C@H](Cc2ccccc2)NC(=O)CNC(=O)CNC(=O)[C@@H](N)Cc2ccc(O)cc2)CSSCC(C(=O)N[C@@H](CCCN=C(N)N)C(=O)N[C@@H](CCCCN)C(N)=O)NC1=O. The molecule has 10 atom stereocenters. The van der Waals surface area contributed by atoms with Crippen molar-refractivity contribution in [1.29, 1.82) is 0 Å². The average Bonchev–Trinajstić information content (AvgIpc) is 1.19. The predicted molar refractivity (Wildman–Crippen MR) is 358 cm³/mol. The number of nitrogens with two attached hydrogens (primary N) is 9. The van der Waals surface area contributed by atoms with Crippen molar-refractivity contribution >= 4 is 104 Å². The van der Waals surface area contributed by atoms with Gasteiger partial charge in [-0.05, 0) is 99.9 Å². The van der Waals surface area contributed by atoms with Crippen LogP contribution < -0.4 is 105 Å². The highest BCUT2D eigenvalue weighted by Crippen LogP contribution is 2.24. The molecule has 2 aromatic rings. The number of aromatic hydroxyl groups is 1. The molecule has 11 amide bonds. The molecule has 36 heteroatoms. The Hall–Kier alpha value is -9.16. The molecule has 0 radical (unpaired) electrons. The van der Waals surface area contributed by atoms with Gasteiger partial charge in [0.05, 0.1) is 19.1 Å². The molecular formula is C58H94N22O12S2. The fraction of sp³-hybridized carbons (Fsp3) is 0.552. The molecule has 0 spiro atoms. The van der Waals surface area contributed by atoms with Crippen LogP contribution in [-0.4, -0.2) is 193 Å². The minimum absolute atomic E-state index is 0.00375. The van der Waals surface area contributed by atoms with E-state index >= 15 is 0 Å². The molecule has 34 nitrogen and oxygen atoms in total. The Balaban J connectivity index is 2.11. The first kappa shape index (κ1) is 79.1. The number of rotatable bonds is 35. The average molecular weight is 1360 g/mol. The third kappa shape index (κ3) is 31.0. The van der Waals surface area contributed by atoms with E-state index < -0.39 is 138 Å². The van der Waals surface area contributed by atoms with Gasteiger partial charge >= 0.3 is 0 Å². The molecule has 0 bridgehead atoms. The van der Waals surface area contributed by atoms with Gasteiger partial charge in [-0.1, -0.05) is 84.3 Å². The summed E-state index contributed by atoms with van der Waals surface area (Å²) in [5.74, 6) is -11.2. The van der Waals surface area contributed by atoms with Gasteiger partial charge in [-0.2, -0.15) is 0 Å². The molecule has 0 aromatic heterocycles. The van der Waals surface area contributed by atoms with Crippen LogP contribution in [-0.2, 0) is 65.6 Å². The van der Waals surface area contributed by atoms with E-state index in [1.165, 1.54) is 12.1 Å². The standard InChI is InChI=1S/C58H94N22O12S2/c1-3-32(2)46-55(92)79-43(54(91)76-38(15-9-23-68-56(62)63)49(86)74-37(47(61)84)14-7-8-22-59)31-94-93-30-42(53(90)77-39(16-10-24-69-57(64)65)50(87)75-40(51(88)80-46)17-11-25-70-58(66)67)78-52(89)41(27-33-12-5-4-6-13-33)73-45(83)29-71-44(82)28-72-48(85)36(60)26-34-18-20-35(81)21-19-34/h4-6,12-13,18-21,32,36-43,46,81H,3,7-11,14-17,22-31,59-60H2,1-2H3,(H2,61,84)(H,71,82)(H,72,85)(H,73,83)(H,74,86)(H,75,87)(H,76,91)(H,77,90)(H,78,89)(H,79,92)(H,80,88)(H4,62,63,68)(H4,64,65,69)(H4,66,67,70)/t32-,36-,37-,38-,39-,40?,41-,42-,43?,46-/m0/s1. The van der Waals surface area contributed by atoms with E-state index in [1.807, 2.05) is 0 Å². The van der Waals surface area contributed by atoms with E-state index in [9.17, 15) is 57.8 Å². The second-order valence-electron chi connectivity index (χ2n) is 22.1. The first-order valence-corrected chi connectivity index (χ1v) is 33.1. The van der Waals surface area contributed by atoms with Crippen LogP contribution in [0.1, 0.15) is 89.2 Å². The highest BCUT2D eigenvalue weighted by molar-refractivity contribution is 8.76. The third-order valence-electron chi connectivity index (χ3n) is 14.5. The maximum Gasteiger partial charge on any atom is 0.244 e. The molecule has 94 heavy (non-hydrogen) atoms. The quantitative estimate of drug-likeness (QED) is 0.0132. The largest absolute Gasteiger partial charge is 0.508 e. The maximum absolute atomic E-state index is 14.8. The zero-order valence-corrected chi connectivity index (χ0v) is 54.5. The van der Waals surface area contributed by atoms with E-state index in [1.54, 1.807) is 56.3 Å². The van der Waals surface area contributed by atoms with Crippen molar-refractivity contribution < 1.29 is 57.8 Å².